The number of carbonyl (C=O) groups excluding carboxylic acids is 2. The van der Waals surface area contributed by atoms with E-state index in [2.05, 4.69) is 4.74 Å². The van der Waals surface area contributed by atoms with Crippen molar-refractivity contribution < 1.29 is 14.3 Å². The standard InChI is InChI=1S/C16H21NO3/c1-5-6-12(2)15(18)17(3)11-13-7-9-14(10-8-13)16(19)20-4/h6-10H,5,11H2,1-4H3/b12-6+. The Morgan fingerprint density at radius 2 is 1.85 bits per heavy atom. The smallest absolute Gasteiger partial charge is 0.337 e. The summed E-state index contributed by atoms with van der Waals surface area (Å²) >= 11 is 0. The number of amides is 1. The molecule has 1 amide bonds. The number of rotatable bonds is 5. The first-order valence-electron chi connectivity index (χ1n) is 6.59. The molecule has 0 aliphatic heterocycles. The third kappa shape index (κ3) is 4.23. The maximum absolute atomic E-state index is 12.0. The second-order valence-corrected chi connectivity index (χ2v) is 4.65. The fourth-order valence-corrected chi connectivity index (χ4v) is 1.90. The lowest BCUT2D eigenvalue weighted by molar-refractivity contribution is -0.126. The van der Waals surface area contributed by atoms with Crippen LogP contribution in [-0.4, -0.2) is 30.9 Å². The molecule has 20 heavy (non-hydrogen) atoms. The molecule has 0 fully saturated rings. The quantitative estimate of drug-likeness (QED) is 0.613. The number of methoxy groups -OCH3 is 1. The highest BCUT2D eigenvalue weighted by atomic mass is 16.5. The lowest BCUT2D eigenvalue weighted by Gasteiger charge is -2.17. The zero-order chi connectivity index (χ0) is 15.1. The van der Waals surface area contributed by atoms with Crippen molar-refractivity contribution >= 4 is 11.9 Å². The topological polar surface area (TPSA) is 46.6 Å². The van der Waals surface area contributed by atoms with E-state index >= 15 is 0 Å². The van der Waals surface area contributed by atoms with Gasteiger partial charge in [0.15, 0.2) is 0 Å². The molecule has 1 aromatic rings. The van der Waals surface area contributed by atoms with Gasteiger partial charge in [0.2, 0.25) is 5.91 Å². The number of hydrogen-bond donors (Lipinski definition) is 0. The van der Waals surface area contributed by atoms with E-state index in [1.165, 1.54) is 7.11 Å². The molecule has 0 bridgehead atoms. The third-order valence-electron chi connectivity index (χ3n) is 2.99. The largest absolute Gasteiger partial charge is 0.465 e. The van der Waals surface area contributed by atoms with Gasteiger partial charge < -0.3 is 9.64 Å². The number of esters is 1. The molecule has 0 N–H and O–H groups in total. The van der Waals surface area contributed by atoms with Gasteiger partial charge in [-0.15, -0.1) is 0 Å². The molecule has 0 spiro atoms. The maximum atomic E-state index is 12.0. The predicted octanol–water partition coefficient (Wildman–Crippen LogP) is 2.79. The zero-order valence-corrected chi connectivity index (χ0v) is 12.5. The van der Waals surface area contributed by atoms with E-state index < -0.39 is 0 Å². The summed E-state index contributed by atoms with van der Waals surface area (Å²) in [5.74, 6) is -0.341. The van der Waals surface area contributed by atoms with Crippen molar-refractivity contribution in [3.05, 3.63) is 47.0 Å². The van der Waals surface area contributed by atoms with Crippen LogP contribution in [0.15, 0.2) is 35.9 Å². The Labute approximate surface area is 120 Å². The van der Waals surface area contributed by atoms with Crippen molar-refractivity contribution in [2.24, 2.45) is 0 Å². The number of likely N-dealkylation sites (N-methyl/N-ethyl adjacent to an activating group) is 1. The Balaban J connectivity index is 2.71. The summed E-state index contributed by atoms with van der Waals surface area (Å²) in [6.07, 6.45) is 2.76. The van der Waals surface area contributed by atoms with E-state index in [1.54, 1.807) is 24.1 Å². The Morgan fingerprint density at radius 3 is 2.35 bits per heavy atom. The first-order valence-corrected chi connectivity index (χ1v) is 6.59. The zero-order valence-electron chi connectivity index (χ0n) is 12.5. The van der Waals surface area contributed by atoms with Crippen molar-refractivity contribution in [3.8, 4) is 0 Å². The van der Waals surface area contributed by atoms with Crippen LogP contribution in [0.5, 0.6) is 0 Å². The molecule has 0 atom stereocenters. The summed E-state index contributed by atoms with van der Waals surface area (Å²) in [6, 6.07) is 7.06. The van der Waals surface area contributed by atoms with Crippen LogP contribution in [-0.2, 0) is 16.1 Å². The van der Waals surface area contributed by atoms with Crippen molar-refractivity contribution in [2.45, 2.75) is 26.8 Å². The Bertz CT molecular complexity index is 503. The molecule has 0 saturated carbocycles. The average molecular weight is 275 g/mol. The highest BCUT2D eigenvalue weighted by Crippen LogP contribution is 2.10. The molecule has 4 nitrogen and oxygen atoms in total. The average Bonchev–Trinajstić information content (AvgIpc) is 2.46. The van der Waals surface area contributed by atoms with Gasteiger partial charge in [0.25, 0.3) is 0 Å². The van der Waals surface area contributed by atoms with Crippen LogP contribution in [0, 0.1) is 0 Å². The Hall–Kier alpha value is -2.10. The van der Waals surface area contributed by atoms with Gasteiger partial charge in [-0.25, -0.2) is 4.79 Å². The summed E-state index contributed by atoms with van der Waals surface area (Å²) in [5, 5.41) is 0. The van der Waals surface area contributed by atoms with Crippen molar-refractivity contribution in [1.29, 1.82) is 0 Å². The molecule has 0 aliphatic rings. The number of carbonyl (C=O) groups is 2. The lowest BCUT2D eigenvalue weighted by Crippen LogP contribution is -2.26. The van der Waals surface area contributed by atoms with Crippen LogP contribution in [0.3, 0.4) is 0 Å². The monoisotopic (exact) mass is 275 g/mol. The minimum absolute atomic E-state index is 0.0175. The summed E-state index contributed by atoms with van der Waals surface area (Å²) in [7, 11) is 3.12. The van der Waals surface area contributed by atoms with Crippen LogP contribution in [0.2, 0.25) is 0 Å². The molecule has 0 radical (unpaired) electrons. The molecule has 0 aliphatic carbocycles. The molecule has 0 saturated heterocycles. The van der Waals surface area contributed by atoms with Gasteiger partial charge in [0.1, 0.15) is 0 Å². The van der Waals surface area contributed by atoms with Crippen LogP contribution in [0.25, 0.3) is 0 Å². The molecule has 0 aromatic heterocycles. The minimum atomic E-state index is -0.359. The first-order chi connectivity index (χ1) is 9.49. The SMILES string of the molecule is CC/C=C(\C)C(=O)N(C)Cc1ccc(C(=O)OC)cc1. The third-order valence-corrected chi connectivity index (χ3v) is 2.99. The molecular formula is C16H21NO3. The summed E-state index contributed by atoms with van der Waals surface area (Å²) in [5.41, 5.74) is 2.23. The van der Waals surface area contributed by atoms with Gasteiger partial charge in [-0.2, -0.15) is 0 Å². The highest BCUT2D eigenvalue weighted by Gasteiger charge is 2.11. The molecule has 1 aromatic carbocycles. The van der Waals surface area contributed by atoms with E-state index in [0.717, 1.165) is 17.6 Å². The normalized spacial score (nSPS) is 11.1. The van der Waals surface area contributed by atoms with E-state index in [9.17, 15) is 9.59 Å². The minimum Gasteiger partial charge on any atom is -0.465 e. The Morgan fingerprint density at radius 1 is 1.25 bits per heavy atom. The van der Waals surface area contributed by atoms with Crippen LogP contribution in [0.4, 0.5) is 0 Å². The number of ether oxygens (including phenoxy) is 1. The Kier molecular flexibility index (Phi) is 5.97. The number of benzene rings is 1. The second-order valence-electron chi connectivity index (χ2n) is 4.65. The van der Waals surface area contributed by atoms with E-state index in [-0.39, 0.29) is 11.9 Å². The highest BCUT2D eigenvalue weighted by molar-refractivity contribution is 5.92. The van der Waals surface area contributed by atoms with Gasteiger partial charge >= 0.3 is 5.97 Å². The summed E-state index contributed by atoms with van der Waals surface area (Å²) in [4.78, 5) is 25.0. The van der Waals surface area contributed by atoms with E-state index in [1.807, 2.05) is 32.1 Å². The fourth-order valence-electron chi connectivity index (χ4n) is 1.90. The van der Waals surface area contributed by atoms with E-state index in [0.29, 0.717) is 12.1 Å². The lowest BCUT2D eigenvalue weighted by atomic mass is 10.1. The number of nitrogens with zero attached hydrogens (tertiary/aromatic N) is 1. The van der Waals surface area contributed by atoms with Crippen LogP contribution < -0.4 is 0 Å². The first kappa shape index (κ1) is 16.0. The van der Waals surface area contributed by atoms with Gasteiger partial charge in [0, 0.05) is 19.2 Å². The second kappa shape index (κ2) is 7.48. The van der Waals surface area contributed by atoms with Crippen molar-refractivity contribution in [1.82, 2.24) is 4.90 Å². The molecular weight excluding hydrogens is 254 g/mol. The fraction of sp³-hybridized carbons (Fsp3) is 0.375. The van der Waals surface area contributed by atoms with Crippen molar-refractivity contribution in [2.75, 3.05) is 14.2 Å². The molecule has 108 valence electrons. The molecule has 0 unspecified atom stereocenters. The van der Waals surface area contributed by atoms with Crippen molar-refractivity contribution in [3.63, 3.8) is 0 Å². The van der Waals surface area contributed by atoms with Crippen LogP contribution in [0.1, 0.15) is 36.2 Å². The summed E-state index contributed by atoms with van der Waals surface area (Å²) < 4.78 is 4.64. The van der Waals surface area contributed by atoms with Gasteiger partial charge in [-0.05, 0) is 31.0 Å². The van der Waals surface area contributed by atoms with Gasteiger partial charge in [-0.1, -0.05) is 25.1 Å². The van der Waals surface area contributed by atoms with Gasteiger partial charge in [0.05, 0.1) is 12.7 Å². The maximum Gasteiger partial charge on any atom is 0.337 e. The number of allylic oxidation sites excluding steroid dienone is 1. The molecule has 0 heterocycles. The molecule has 4 heteroatoms. The van der Waals surface area contributed by atoms with E-state index in [4.69, 9.17) is 0 Å². The van der Waals surface area contributed by atoms with Crippen LogP contribution >= 0.6 is 0 Å². The number of hydrogen-bond acceptors (Lipinski definition) is 3. The predicted molar refractivity (Wildman–Crippen MR) is 78.3 cm³/mol. The summed E-state index contributed by atoms with van der Waals surface area (Å²) in [6.45, 7) is 4.33. The molecule has 1 rings (SSSR count). The van der Waals surface area contributed by atoms with Gasteiger partial charge in [-0.3, -0.25) is 4.79 Å².